The standard InChI is InChI=1S/C15H16N4O5S/c1-4-5-16-15(23)19-9(20)6-24-14(22)11-7(2)10-12(21)17-8(3)18-13(10)25-11/h4H,1,5-6H2,2-3H3,(H,17,18,21)(H2,16,19,20,23). The van der Waals surface area contributed by atoms with Crippen LogP contribution in [-0.2, 0) is 9.53 Å². The van der Waals surface area contributed by atoms with Crippen LogP contribution in [0.5, 0.6) is 0 Å². The molecule has 2 rings (SSSR count). The fraction of sp³-hybridized carbons (Fsp3) is 0.267. The summed E-state index contributed by atoms with van der Waals surface area (Å²) < 4.78 is 4.89. The van der Waals surface area contributed by atoms with Crippen LogP contribution in [0.25, 0.3) is 10.2 Å². The number of hydrogen-bond donors (Lipinski definition) is 3. The van der Waals surface area contributed by atoms with Crippen LogP contribution < -0.4 is 16.2 Å². The van der Waals surface area contributed by atoms with E-state index in [1.54, 1.807) is 13.8 Å². The number of aryl methyl sites for hydroxylation is 2. The van der Waals surface area contributed by atoms with Crippen LogP contribution >= 0.6 is 11.3 Å². The molecule has 9 nitrogen and oxygen atoms in total. The molecule has 0 spiro atoms. The van der Waals surface area contributed by atoms with Gasteiger partial charge in [-0.2, -0.15) is 0 Å². The molecule has 2 aromatic heterocycles. The van der Waals surface area contributed by atoms with Gasteiger partial charge in [-0.25, -0.2) is 14.6 Å². The Hall–Kier alpha value is -3.01. The van der Waals surface area contributed by atoms with Gasteiger partial charge in [0.2, 0.25) is 0 Å². The number of H-pyrrole nitrogens is 1. The molecule has 25 heavy (non-hydrogen) atoms. The van der Waals surface area contributed by atoms with E-state index < -0.39 is 24.5 Å². The highest BCUT2D eigenvalue weighted by Gasteiger charge is 2.21. The molecule has 0 aliphatic heterocycles. The van der Waals surface area contributed by atoms with Crippen LogP contribution in [0.2, 0.25) is 0 Å². The van der Waals surface area contributed by atoms with Crippen molar-refractivity contribution in [3.63, 3.8) is 0 Å². The number of hydrogen-bond acceptors (Lipinski definition) is 7. The van der Waals surface area contributed by atoms with Gasteiger partial charge in [0.15, 0.2) is 6.61 Å². The largest absolute Gasteiger partial charge is 0.451 e. The topological polar surface area (TPSA) is 130 Å². The maximum Gasteiger partial charge on any atom is 0.349 e. The van der Waals surface area contributed by atoms with Crippen LogP contribution in [0.15, 0.2) is 17.4 Å². The average Bonchev–Trinajstić information content (AvgIpc) is 2.87. The number of carbonyl (C=O) groups excluding carboxylic acids is 3. The molecule has 0 radical (unpaired) electrons. The van der Waals surface area contributed by atoms with Gasteiger partial charge in [0.05, 0.1) is 5.39 Å². The molecule has 0 unspecified atom stereocenters. The number of nitrogens with zero attached hydrogens (tertiary/aromatic N) is 1. The zero-order valence-corrected chi connectivity index (χ0v) is 14.4. The summed E-state index contributed by atoms with van der Waals surface area (Å²) in [6.07, 6.45) is 1.45. The lowest BCUT2D eigenvalue weighted by Gasteiger charge is -2.05. The smallest absolute Gasteiger partial charge is 0.349 e. The molecule has 0 saturated heterocycles. The molecule has 3 N–H and O–H groups in total. The van der Waals surface area contributed by atoms with Crippen molar-refractivity contribution in [3.05, 3.63) is 39.3 Å². The number of amides is 3. The van der Waals surface area contributed by atoms with Gasteiger partial charge in [0, 0.05) is 6.54 Å². The van der Waals surface area contributed by atoms with Crippen molar-refractivity contribution in [2.24, 2.45) is 0 Å². The molecule has 0 aliphatic rings. The highest BCUT2D eigenvalue weighted by molar-refractivity contribution is 7.20. The Labute approximate surface area is 146 Å². The molecule has 0 bridgehead atoms. The second-order valence-corrected chi connectivity index (χ2v) is 6.01. The molecule has 0 saturated carbocycles. The lowest BCUT2D eigenvalue weighted by Crippen LogP contribution is -2.41. The maximum atomic E-state index is 12.1. The minimum absolute atomic E-state index is 0.183. The zero-order valence-electron chi connectivity index (χ0n) is 13.6. The van der Waals surface area contributed by atoms with E-state index in [9.17, 15) is 19.2 Å². The van der Waals surface area contributed by atoms with Gasteiger partial charge in [-0.1, -0.05) is 6.08 Å². The SMILES string of the molecule is C=CCNC(=O)NC(=O)COC(=O)c1sc2nc(C)[nH]c(=O)c2c1C. The fourth-order valence-corrected chi connectivity index (χ4v) is 3.14. The van der Waals surface area contributed by atoms with Crippen molar-refractivity contribution < 1.29 is 19.1 Å². The summed E-state index contributed by atoms with van der Waals surface area (Å²) in [5.74, 6) is -1.11. The second-order valence-electron chi connectivity index (χ2n) is 5.01. The second kappa shape index (κ2) is 7.71. The summed E-state index contributed by atoms with van der Waals surface area (Å²) in [6, 6.07) is -0.717. The lowest BCUT2D eigenvalue weighted by atomic mass is 10.2. The number of rotatable bonds is 5. The van der Waals surface area contributed by atoms with Crippen molar-refractivity contribution in [2.75, 3.05) is 13.2 Å². The van der Waals surface area contributed by atoms with Crippen molar-refractivity contribution in [1.82, 2.24) is 20.6 Å². The average molecular weight is 364 g/mol. The van der Waals surface area contributed by atoms with Crippen molar-refractivity contribution in [1.29, 1.82) is 0 Å². The maximum absolute atomic E-state index is 12.1. The van der Waals surface area contributed by atoms with Crippen molar-refractivity contribution in [3.8, 4) is 0 Å². The summed E-state index contributed by atoms with van der Waals surface area (Å²) >= 11 is 1.01. The van der Waals surface area contributed by atoms with Crippen molar-refractivity contribution >= 4 is 39.5 Å². The Bertz CT molecular complexity index is 915. The number of nitrogens with one attached hydrogen (secondary N) is 3. The third kappa shape index (κ3) is 4.29. The minimum atomic E-state index is -0.777. The summed E-state index contributed by atoms with van der Waals surface area (Å²) in [5, 5.41) is 4.66. The van der Waals surface area contributed by atoms with Gasteiger partial charge >= 0.3 is 12.0 Å². The van der Waals surface area contributed by atoms with E-state index in [0.29, 0.717) is 21.6 Å². The van der Waals surface area contributed by atoms with E-state index in [-0.39, 0.29) is 17.0 Å². The first-order valence-corrected chi connectivity index (χ1v) is 8.00. The minimum Gasteiger partial charge on any atom is -0.451 e. The summed E-state index contributed by atoms with van der Waals surface area (Å²) in [7, 11) is 0. The summed E-state index contributed by atoms with van der Waals surface area (Å²) in [4.78, 5) is 54.3. The normalized spacial score (nSPS) is 10.3. The zero-order chi connectivity index (χ0) is 18.6. The van der Waals surface area contributed by atoms with Gasteiger partial charge in [-0.05, 0) is 19.4 Å². The van der Waals surface area contributed by atoms with Crippen LogP contribution in [0.4, 0.5) is 4.79 Å². The van der Waals surface area contributed by atoms with Gasteiger partial charge in [0.25, 0.3) is 11.5 Å². The third-order valence-corrected chi connectivity index (χ3v) is 4.26. The van der Waals surface area contributed by atoms with Crippen LogP contribution in [0.3, 0.4) is 0 Å². The first-order chi connectivity index (χ1) is 11.8. The van der Waals surface area contributed by atoms with E-state index in [1.807, 2.05) is 5.32 Å². The Morgan fingerprint density at radius 1 is 1.36 bits per heavy atom. The Morgan fingerprint density at radius 2 is 2.08 bits per heavy atom. The number of urea groups is 1. The first-order valence-electron chi connectivity index (χ1n) is 7.19. The molecular formula is C15H16N4O5S. The number of aromatic amines is 1. The molecule has 0 aliphatic carbocycles. The number of thiophene rings is 1. The van der Waals surface area contributed by atoms with Gasteiger partial charge in [-0.15, -0.1) is 17.9 Å². The summed E-state index contributed by atoms with van der Waals surface area (Å²) in [6.45, 7) is 6.22. The molecule has 2 aromatic rings. The van der Waals surface area contributed by atoms with E-state index in [2.05, 4.69) is 21.9 Å². The predicted octanol–water partition coefficient (Wildman–Crippen LogP) is 0.770. The molecule has 3 amide bonds. The van der Waals surface area contributed by atoms with E-state index in [1.165, 1.54) is 6.08 Å². The van der Waals surface area contributed by atoms with E-state index in [0.717, 1.165) is 11.3 Å². The molecule has 0 aromatic carbocycles. The van der Waals surface area contributed by atoms with Crippen molar-refractivity contribution in [2.45, 2.75) is 13.8 Å². The fourth-order valence-electron chi connectivity index (χ4n) is 2.01. The van der Waals surface area contributed by atoms with E-state index >= 15 is 0 Å². The Balaban J connectivity index is 2.05. The first kappa shape index (κ1) is 18.3. The third-order valence-electron chi connectivity index (χ3n) is 3.10. The Morgan fingerprint density at radius 3 is 2.76 bits per heavy atom. The summed E-state index contributed by atoms with van der Waals surface area (Å²) in [5.41, 5.74) is 0.0924. The molecule has 2 heterocycles. The van der Waals surface area contributed by atoms with Crippen LogP contribution in [0.1, 0.15) is 21.1 Å². The van der Waals surface area contributed by atoms with Gasteiger partial charge in [0.1, 0.15) is 15.5 Å². The highest BCUT2D eigenvalue weighted by Crippen LogP contribution is 2.27. The monoisotopic (exact) mass is 364 g/mol. The molecule has 10 heteroatoms. The van der Waals surface area contributed by atoms with Crippen LogP contribution in [0, 0.1) is 13.8 Å². The number of ether oxygens (including phenoxy) is 1. The lowest BCUT2D eigenvalue weighted by molar-refractivity contribution is -0.123. The number of imide groups is 1. The number of aromatic nitrogens is 2. The predicted molar refractivity (Wildman–Crippen MR) is 91.7 cm³/mol. The number of carbonyl (C=O) groups is 3. The molecule has 0 atom stereocenters. The van der Waals surface area contributed by atoms with Crippen LogP contribution in [-0.4, -0.2) is 41.0 Å². The molecule has 132 valence electrons. The highest BCUT2D eigenvalue weighted by atomic mass is 32.1. The molecule has 0 fully saturated rings. The van der Waals surface area contributed by atoms with Gasteiger partial charge < -0.3 is 15.0 Å². The van der Waals surface area contributed by atoms with Gasteiger partial charge in [-0.3, -0.25) is 14.9 Å². The van der Waals surface area contributed by atoms with E-state index in [4.69, 9.17) is 4.74 Å². The number of fused-ring (bicyclic) bond motifs is 1. The Kier molecular flexibility index (Phi) is 5.65. The molecular weight excluding hydrogens is 348 g/mol. The number of esters is 1. The quantitative estimate of drug-likeness (QED) is 0.531.